The number of halogens is 2. The Morgan fingerprint density at radius 1 is 1.27 bits per heavy atom. The Kier molecular flexibility index (Phi) is 6.94. The average molecular weight is 494 g/mol. The summed E-state index contributed by atoms with van der Waals surface area (Å²) in [5.41, 5.74) is 1.36. The maximum Gasteiger partial charge on any atom is 0.328 e. The van der Waals surface area contributed by atoms with E-state index in [1.807, 2.05) is 0 Å². The third-order valence-corrected chi connectivity index (χ3v) is 5.79. The molecular formula is C21H17BrFNO5S. The number of methoxy groups -OCH3 is 1. The van der Waals surface area contributed by atoms with E-state index in [-0.39, 0.29) is 17.3 Å². The van der Waals surface area contributed by atoms with Gasteiger partial charge in [0, 0.05) is 0 Å². The van der Waals surface area contributed by atoms with Crippen molar-refractivity contribution in [1.29, 1.82) is 0 Å². The lowest BCUT2D eigenvalue weighted by Gasteiger charge is -2.18. The number of rotatable bonds is 6. The molecule has 0 unspecified atom stereocenters. The third kappa shape index (κ3) is 4.91. The average Bonchev–Trinajstić information content (AvgIpc) is 2.99. The number of carbonyl (C=O) groups excluding carboxylic acids is 3. The van der Waals surface area contributed by atoms with Crippen LogP contribution in [0.5, 0.6) is 5.75 Å². The number of benzene rings is 2. The van der Waals surface area contributed by atoms with Gasteiger partial charge < -0.3 is 9.47 Å². The number of carbonyl (C=O) groups is 3. The number of hydrogen-bond donors (Lipinski definition) is 0. The highest BCUT2D eigenvalue weighted by Gasteiger charge is 2.41. The monoisotopic (exact) mass is 493 g/mol. The van der Waals surface area contributed by atoms with Crippen LogP contribution >= 0.6 is 27.7 Å². The zero-order valence-corrected chi connectivity index (χ0v) is 18.5. The summed E-state index contributed by atoms with van der Waals surface area (Å²) in [5, 5.41) is -0.529. The van der Waals surface area contributed by atoms with E-state index < -0.39 is 23.2 Å². The lowest BCUT2D eigenvalue weighted by Crippen LogP contribution is -2.42. The molecule has 0 aromatic heterocycles. The van der Waals surface area contributed by atoms with Gasteiger partial charge in [0.15, 0.2) is 0 Å². The first-order valence-electron chi connectivity index (χ1n) is 8.82. The minimum absolute atomic E-state index is 0.194. The number of nitrogens with zero attached hydrogens (tertiary/aromatic N) is 1. The lowest BCUT2D eigenvalue weighted by atomic mass is 10.2. The first-order valence-corrected chi connectivity index (χ1v) is 10.4. The molecule has 1 aliphatic rings. The highest BCUT2D eigenvalue weighted by atomic mass is 79.9. The maximum absolute atomic E-state index is 13.3. The molecule has 1 saturated heterocycles. The molecule has 9 heteroatoms. The molecule has 1 aliphatic heterocycles. The van der Waals surface area contributed by atoms with Gasteiger partial charge in [0.1, 0.15) is 24.2 Å². The molecule has 2 aromatic rings. The fraction of sp³-hybridized carbons (Fsp3) is 0.190. The molecule has 30 heavy (non-hydrogen) atoms. The Balaban J connectivity index is 1.73. The van der Waals surface area contributed by atoms with E-state index in [1.165, 1.54) is 26.2 Å². The van der Waals surface area contributed by atoms with Crippen LogP contribution in [-0.2, 0) is 20.9 Å². The van der Waals surface area contributed by atoms with E-state index in [0.717, 1.165) is 16.7 Å². The van der Waals surface area contributed by atoms with Gasteiger partial charge in [0.2, 0.25) is 0 Å². The van der Waals surface area contributed by atoms with Crippen molar-refractivity contribution >= 4 is 50.9 Å². The van der Waals surface area contributed by atoms with E-state index in [1.54, 1.807) is 36.4 Å². The Labute approximate surface area is 185 Å². The van der Waals surface area contributed by atoms with Gasteiger partial charge in [-0.05, 0) is 76.1 Å². The summed E-state index contributed by atoms with van der Waals surface area (Å²) in [5.74, 6) is -1.00. The summed E-state index contributed by atoms with van der Waals surface area (Å²) >= 11 is 4.18. The van der Waals surface area contributed by atoms with Crippen LogP contribution in [0, 0.1) is 5.82 Å². The van der Waals surface area contributed by atoms with Gasteiger partial charge in [0.05, 0.1) is 16.5 Å². The maximum atomic E-state index is 13.3. The summed E-state index contributed by atoms with van der Waals surface area (Å²) < 4.78 is 24.2. The van der Waals surface area contributed by atoms with Gasteiger partial charge in [-0.3, -0.25) is 14.5 Å². The molecule has 1 fully saturated rings. The van der Waals surface area contributed by atoms with Gasteiger partial charge in [-0.2, -0.15) is 0 Å². The number of imide groups is 1. The van der Waals surface area contributed by atoms with E-state index in [2.05, 4.69) is 20.7 Å². The van der Waals surface area contributed by atoms with Crippen molar-refractivity contribution in [3.8, 4) is 5.75 Å². The van der Waals surface area contributed by atoms with Crippen molar-refractivity contribution in [3.63, 3.8) is 0 Å². The van der Waals surface area contributed by atoms with Gasteiger partial charge in [-0.25, -0.2) is 9.18 Å². The van der Waals surface area contributed by atoms with E-state index in [0.29, 0.717) is 21.3 Å². The van der Waals surface area contributed by atoms with Crippen LogP contribution in [0.2, 0.25) is 0 Å². The molecule has 0 spiro atoms. The van der Waals surface area contributed by atoms with Crippen LogP contribution in [0.4, 0.5) is 9.18 Å². The highest BCUT2D eigenvalue weighted by molar-refractivity contribution is 9.10. The fourth-order valence-corrected chi connectivity index (χ4v) is 4.17. The normalized spacial score (nSPS) is 16.1. The second-order valence-electron chi connectivity index (χ2n) is 6.36. The van der Waals surface area contributed by atoms with Crippen molar-refractivity contribution in [1.82, 2.24) is 4.90 Å². The molecule has 0 bridgehead atoms. The third-order valence-electron chi connectivity index (χ3n) is 4.29. The minimum Gasteiger partial charge on any atom is -0.488 e. The zero-order valence-electron chi connectivity index (χ0n) is 16.1. The number of ether oxygens (including phenoxy) is 2. The molecule has 6 nitrogen and oxygen atoms in total. The number of esters is 1. The van der Waals surface area contributed by atoms with Crippen LogP contribution in [0.1, 0.15) is 18.1 Å². The molecular weight excluding hydrogens is 477 g/mol. The predicted octanol–water partition coefficient (Wildman–Crippen LogP) is 4.77. The van der Waals surface area contributed by atoms with Crippen LogP contribution in [0.25, 0.3) is 6.08 Å². The first-order chi connectivity index (χ1) is 14.3. The minimum atomic E-state index is -1.00. The quantitative estimate of drug-likeness (QED) is 0.426. The molecule has 1 heterocycles. The first kappa shape index (κ1) is 22.0. The molecule has 1 atom stereocenters. The fourth-order valence-electron chi connectivity index (χ4n) is 2.75. The van der Waals surface area contributed by atoms with Gasteiger partial charge >= 0.3 is 5.97 Å². The molecule has 3 rings (SSSR count). The predicted molar refractivity (Wildman–Crippen MR) is 114 cm³/mol. The van der Waals surface area contributed by atoms with Gasteiger partial charge in [-0.1, -0.05) is 18.2 Å². The highest BCUT2D eigenvalue weighted by Crippen LogP contribution is 2.35. The van der Waals surface area contributed by atoms with Crippen LogP contribution in [-0.4, -0.2) is 35.2 Å². The number of thioether (sulfide) groups is 1. The van der Waals surface area contributed by atoms with Crippen molar-refractivity contribution in [3.05, 3.63) is 68.8 Å². The van der Waals surface area contributed by atoms with Crippen LogP contribution in [0.15, 0.2) is 51.8 Å². The summed E-state index contributed by atoms with van der Waals surface area (Å²) in [4.78, 5) is 37.5. The Morgan fingerprint density at radius 3 is 2.70 bits per heavy atom. The van der Waals surface area contributed by atoms with Crippen molar-refractivity contribution < 1.29 is 28.2 Å². The largest absolute Gasteiger partial charge is 0.488 e. The van der Waals surface area contributed by atoms with E-state index in [4.69, 9.17) is 4.74 Å². The lowest BCUT2D eigenvalue weighted by molar-refractivity contribution is -0.148. The van der Waals surface area contributed by atoms with Gasteiger partial charge in [0.25, 0.3) is 11.1 Å². The molecule has 0 N–H and O–H groups in total. The molecule has 156 valence electrons. The smallest absolute Gasteiger partial charge is 0.328 e. The summed E-state index contributed by atoms with van der Waals surface area (Å²) in [6.07, 6.45) is 1.57. The van der Waals surface area contributed by atoms with Crippen molar-refractivity contribution in [2.75, 3.05) is 7.11 Å². The SMILES string of the molecule is COC(=O)[C@H](C)N1C(=O)S/C(=C/c2ccc(OCc3cccc(F)c3)c(Br)c2)C1=O. The molecule has 0 aliphatic carbocycles. The standard InChI is InChI=1S/C21H17BrFNO5S/c1-12(20(26)28-2)24-19(25)18(30-21(24)27)10-13-6-7-17(16(22)9-13)29-11-14-4-3-5-15(23)8-14/h3-10,12H,11H2,1-2H3/b18-10+/t12-/m0/s1. The van der Waals surface area contributed by atoms with E-state index in [9.17, 15) is 18.8 Å². The Morgan fingerprint density at radius 2 is 2.03 bits per heavy atom. The topological polar surface area (TPSA) is 72.9 Å². The van der Waals surface area contributed by atoms with Crippen LogP contribution < -0.4 is 4.74 Å². The summed E-state index contributed by atoms with van der Waals surface area (Å²) in [6, 6.07) is 10.3. The molecule has 0 radical (unpaired) electrons. The molecule has 2 amide bonds. The number of amides is 2. The molecule has 0 saturated carbocycles. The Hall–Kier alpha value is -2.65. The summed E-state index contributed by atoms with van der Waals surface area (Å²) in [7, 11) is 1.20. The number of hydrogen-bond acceptors (Lipinski definition) is 6. The van der Waals surface area contributed by atoms with Gasteiger partial charge in [-0.15, -0.1) is 0 Å². The second kappa shape index (κ2) is 9.44. The Bertz CT molecular complexity index is 1040. The van der Waals surface area contributed by atoms with Crippen LogP contribution in [0.3, 0.4) is 0 Å². The molecule has 2 aromatic carbocycles. The summed E-state index contributed by atoms with van der Waals surface area (Å²) in [6.45, 7) is 1.63. The van der Waals surface area contributed by atoms with Crippen molar-refractivity contribution in [2.24, 2.45) is 0 Å². The van der Waals surface area contributed by atoms with Crippen molar-refractivity contribution in [2.45, 2.75) is 19.6 Å². The second-order valence-corrected chi connectivity index (χ2v) is 8.21. The van der Waals surface area contributed by atoms with E-state index >= 15 is 0 Å². The zero-order chi connectivity index (χ0) is 21.8.